The number of nitrogens with zero attached hydrogens (tertiary/aromatic N) is 2. The maximum Gasteiger partial charge on any atom is 0.226 e. The van der Waals surface area contributed by atoms with Gasteiger partial charge in [-0.05, 0) is 24.6 Å². The van der Waals surface area contributed by atoms with E-state index < -0.39 is 0 Å². The zero-order chi connectivity index (χ0) is 15.5. The summed E-state index contributed by atoms with van der Waals surface area (Å²) in [5.74, 6) is 0.954. The Hall–Kier alpha value is -1.92. The topological polar surface area (TPSA) is 67.5 Å². The van der Waals surface area contributed by atoms with Crippen LogP contribution in [-0.4, -0.2) is 60.3 Å². The Morgan fingerprint density at radius 1 is 1.45 bits per heavy atom. The SMILES string of the molecule is Cc1nc2ccc(CC(=O)N(C)C[C@@H]3COCCO3)cc2[nH]1. The lowest BCUT2D eigenvalue weighted by atomic mass is 10.1. The van der Waals surface area contributed by atoms with Gasteiger partial charge in [-0.1, -0.05) is 6.07 Å². The van der Waals surface area contributed by atoms with Crippen LogP contribution in [0.3, 0.4) is 0 Å². The van der Waals surface area contributed by atoms with Gasteiger partial charge < -0.3 is 19.4 Å². The fourth-order valence-electron chi connectivity index (χ4n) is 2.65. The highest BCUT2D eigenvalue weighted by Crippen LogP contribution is 2.14. The number of likely N-dealkylation sites (N-methyl/N-ethyl adjacent to an activating group) is 1. The van der Waals surface area contributed by atoms with Crippen molar-refractivity contribution in [2.45, 2.75) is 19.4 Å². The van der Waals surface area contributed by atoms with Gasteiger partial charge >= 0.3 is 0 Å². The third-order valence-electron chi connectivity index (χ3n) is 3.81. The van der Waals surface area contributed by atoms with Crippen molar-refractivity contribution in [3.8, 4) is 0 Å². The number of benzene rings is 1. The quantitative estimate of drug-likeness (QED) is 0.924. The molecular weight excluding hydrogens is 282 g/mol. The molecule has 0 bridgehead atoms. The summed E-state index contributed by atoms with van der Waals surface area (Å²) >= 11 is 0. The van der Waals surface area contributed by atoms with Crippen LogP contribution in [0.15, 0.2) is 18.2 Å². The first-order chi connectivity index (χ1) is 10.6. The van der Waals surface area contributed by atoms with Crippen LogP contribution in [-0.2, 0) is 20.7 Å². The van der Waals surface area contributed by atoms with E-state index in [-0.39, 0.29) is 12.0 Å². The first-order valence-electron chi connectivity index (χ1n) is 7.50. The highest BCUT2D eigenvalue weighted by Gasteiger charge is 2.19. The minimum atomic E-state index is -0.0274. The van der Waals surface area contributed by atoms with Gasteiger partial charge in [0.15, 0.2) is 0 Å². The summed E-state index contributed by atoms with van der Waals surface area (Å²) < 4.78 is 10.9. The van der Waals surface area contributed by atoms with Gasteiger partial charge in [-0.15, -0.1) is 0 Å². The number of nitrogens with one attached hydrogen (secondary N) is 1. The van der Waals surface area contributed by atoms with Crippen LogP contribution in [0.25, 0.3) is 11.0 Å². The molecule has 1 amide bonds. The van der Waals surface area contributed by atoms with Crippen LogP contribution in [0.2, 0.25) is 0 Å². The molecule has 118 valence electrons. The molecule has 6 nitrogen and oxygen atoms in total. The molecule has 1 atom stereocenters. The van der Waals surface area contributed by atoms with Crippen molar-refractivity contribution < 1.29 is 14.3 Å². The van der Waals surface area contributed by atoms with Gasteiger partial charge in [-0.3, -0.25) is 4.79 Å². The zero-order valence-electron chi connectivity index (χ0n) is 13.0. The van der Waals surface area contributed by atoms with Crippen LogP contribution in [0, 0.1) is 6.92 Å². The third-order valence-corrected chi connectivity index (χ3v) is 3.81. The van der Waals surface area contributed by atoms with Gasteiger partial charge in [0, 0.05) is 13.6 Å². The smallest absolute Gasteiger partial charge is 0.226 e. The van der Waals surface area contributed by atoms with Crippen molar-refractivity contribution in [1.82, 2.24) is 14.9 Å². The fourth-order valence-corrected chi connectivity index (χ4v) is 2.65. The predicted molar refractivity (Wildman–Crippen MR) is 82.7 cm³/mol. The van der Waals surface area contributed by atoms with E-state index in [4.69, 9.17) is 9.47 Å². The largest absolute Gasteiger partial charge is 0.376 e. The van der Waals surface area contributed by atoms with Crippen LogP contribution >= 0.6 is 0 Å². The molecule has 1 aliphatic heterocycles. The monoisotopic (exact) mass is 303 g/mol. The highest BCUT2D eigenvalue weighted by atomic mass is 16.6. The number of amides is 1. The Labute approximate surface area is 129 Å². The second-order valence-corrected chi connectivity index (χ2v) is 5.69. The number of H-pyrrole nitrogens is 1. The molecule has 0 aliphatic carbocycles. The van der Waals surface area contributed by atoms with Gasteiger partial charge in [0.25, 0.3) is 0 Å². The second-order valence-electron chi connectivity index (χ2n) is 5.69. The summed E-state index contributed by atoms with van der Waals surface area (Å²) in [6.45, 7) is 4.27. The Kier molecular flexibility index (Phi) is 4.40. The fraction of sp³-hybridized carbons (Fsp3) is 0.500. The number of aromatic amines is 1. The summed E-state index contributed by atoms with van der Waals surface area (Å²) in [6.07, 6.45) is 0.346. The number of hydrogen-bond acceptors (Lipinski definition) is 4. The molecule has 3 rings (SSSR count). The van der Waals surface area contributed by atoms with Crippen molar-refractivity contribution >= 4 is 16.9 Å². The Morgan fingerprint density at radius 3 is 3.09 bits per heavy atom. The molecule has 6 heteroatoms. The molecule has 2 aromatic rings. The average molecular weight is 303 g/mol. The Morgan fingerprint density at radius 2 is 2.32 bits per heavy atom. The molecule has 0 unspecified atom stereocenters. The van der Waals surface area contributed by atoms with E-state index in [0.29, 0.717) is 32.8 Å². The van der Waals surface area contributed by atoms with Gasteiger partial charge in [-0.2, -0.15) is 0 Å². The third kappa shape index (κ3) is 3.45. The number of aromatic nitrogens is 2. The van der Waals surface area contributed by atoms with Gasteiger partial charge in [0.05, 0.1) is 43.4 Å². The summed E-state index contributed by atoms with van der Waals surface area (Å²) in [7, 11) is 1.80. The number of imidazole rings is 1. The summed E-state index contributed by atoms with van der Waals surface area (Å²) in [5, 5.41) is 0. The Bertz CT molecular complexity index is 662. The summed E-state index contributed by atoms with van der Waals surface area (Å²) in [4.78, 5) is 21.6. The summed E-state index contributed by atoms with van der Waals surface area (Å²) in [5.41, 5.74) is 2.87. The number of fused-ring (bicyclic) bond motifs is 1. The van der Waals surface area contributed by atoms with E-state index in [1.54, 1.807) is 11.9 Å². The zero-order valence-corrected chi connectivity index (χ0v) is 13.0. The van der Waals surface area contributed by atoms with E-state index in [2.05, 4.69) is 9.97 Å². The maximum absolute atomic E-state index is 12.3. The first kappa shape index (κ1) is 15.0. The molecule has 1 aromatic heterocycles. The van der Waals surface area contributed by atoms with E-state index in [0.717, 1.165) is 22.4 Å². The molecule has 1 aliphatic rings. The number of ether oxygens (including phenoxy) is 2. The highest BCUT2D eigenvalue weighted by molar-refractivity contribution is 5.81. The Balaban J connectivity index is 1.61. The lowest BCUT2D eigenvalue weighted by molar-refractivity contribution is -0.135. The second kappa shape index (κ2) is 6.46. The molecule has 1 saturated heterocycles. The number of carbonyl (C=O) groups is 1. The van der Waals surface area contributed by atoms with Crippen molar-refractivity contribution in [2.24, 2.45) is 0 Å². The van der Waals surface area contributed by atoms with Crippen molar-refractivity contribution in [1.29, 1.82) is 0 Å². The molecule has 2 heterocycles. The van der Waals surface area contributed by atoms with Crippen molar-refractivity contribution in [3.05, 3.63) is 29.6 Å². The van der Waals surface area contributed by atoms with Gasteiger partial charge in [0.1, 0.15) is 5.82 Å². The number of rotatable bonds is 4. The van der Waals surface area contributed by atoms with Crippen molar-refractivity contribution in [2.75, 3.05) is 33.4 Å². The number of hydrogen-bond donors (Lipinski definition) is 1. The molecule has 1 fully saturated rings. The van der Waals surface area contributed by atoms with Crippen LogP contribution < -0.4 is 0 Å². The molecule has 22 heavy (non-hydrogen) atoms. The van der Waals surface area contributed by atoms with Crippen LogP contribution in [0.5, 0.6) is 0 Å². The molecule has 0 spiro atoms. The number of aryl methyl sites for hydroxylation is 1. The van der Waals surface area contributed by atoms with Crippen molar-refractivity contribution in [3.63, 3.8) is 0 Å². The van der Waals surface area contributed by atoms with Gasteiger partial charge in [-0.25, -0.2) is 4.98 Å². The summed E-state index contributed by atoms with van der Waals surface area (Å²) in [6, 6.07) is 5.88. The molecule has 0 radical (unpaired) electrons. The molecular formula is C16H21N3O3. The van der Waals surface area contributed by atoms with E-state index in [1.807, 2.05) is 25.1 Å². The predicted octanol–water partition coefficient (Wildman–Crippen LogP) is 1.29. The standard InChI is InChI=1S/C16H21N3O3/c1-11-17-14-4-3-12(7-15(14)18-11)8-16(20)19(2)9-13-10-21-5-6-22-13/h3-4,7,13H,5-6,8-10H2,1-2H3,(H,17,18)/t13-/m1/s1. The first-order valence-corrected chi connectivity index (χ1v) is 7.50. The molecule has 0 saturated carbocycles. The van der Waals surface area contributed by atoms with E-state index >= 15 is 0 Å². The maximum atomic E-state index is 12.3. The molecule has 1 aromatic carbocycles. The average Bonchev–Trinajstić information content (AvgIpc) is 2.87. The van der Waals surface area contributed by atoms with Crippen LogP contribution in [0.4, 0.5) is 0 Å². The molecule has 1 N–H and O–H groups in total. The van der Waals surface area contributed by atoms with E-state index in [1.165, 1.54) is 0 Å². The minimum absolute atomic E-state index is 0.0274. The minimum Gasteiger partial charge on any atom is -0.376 e. The lowest BCUT2D eigenvalue weighted by Crippen LogP contribution is -2.41. The normalized spacial score (nSPS) is 18.5. The number of carbonyl (C=O) groups excluding carboxylic acids is 1. The van der Waals surface area contributed by atoms with Gasteiger partial charge in [0.2, 0.25) is 5.91 Å². The lowest BCUT2D eigenvalue weighted by Gasteiger charge is -2.27. The van der Waals surface area contributed by atoms with E-state index in [9.17, 15) is 4.79 Å². The van der Waals surface area contributed by atoms with Crippen LogP contribution in [0.1, 0.15) is 11.4 Å².